The number of nitrogens with one attached hydrogen (secondary N) is 1. The summed E-state index contributed by atoms with van der Waals surface area (Å²) in [5.41, 5.74) is 4.10. The van der Waals surface area contributed by atoms with Crippen LogP contribution in [0.2, 0.25) is 0 Å². The van der Waals surface area contributed by atoms with Gasteiger partial charge in [0, 0.05) is 18.0 Å². The summed E-state index contributed by atoms with van der Waals surface area (Å²) in [6.45, 7) is 2.09. The van der Waals surface area contributed by atoms with Crippen LogP contribution < -0.4 is 5.32 Å². The van der Waals surface area contributed by atoms with Crippen molar-refractivity contribution in [1.82, 2.24) is 5.32 Å². The van der Waals surface area contributed by atoms with Crippen LogP contribution in [-0.4, -0.2) is 18.2 Å². The molecule has 92 valence electrons. The molecule has 2 nitrogen and oxygen atoms in total. The van der Waals surface area contributed by atoms with Crippen molar-refractivity contribution in [2.24, 2.45) is 0 Å². The number of benzene rings is 1. The van der Waals surface area contributed by atoms with E-state index in [0.29, 0.717) is 11.7 Å². The van der Waals surface area contributed by atoms with Crippen LogP contribution in [0, 0.1) is 0 Å². The summed E-state index contributed by atoms with van der Waals surface area (Å²) in [4.78, 5) is 0. The highest BCUT2D eigenvalue weighted by Gasteiger charge is 2.27. The first-order valence-electron chi connectivity index (χ1n) is 6.51. The molecule has 0 spiro atoms. The predicted octanol–water partition coefficient (Wildman–Crippen LogP) is 3.11. The van der Waals surface area contributed by atoms with Gasteiger partial charge in [0.25, 0.3) is 0 Å². The highest BCUT2D eigenvalue weighted by atomic mass is 79.9. The zero-order valence-corrected chi connectivity index (χ0v) is 11.5. The molecule has 0 bridgehead atoms. The molecule has 0 saturated carbocycles. The third kappa shape index (κ3) is 2.00. The van der Waals surface area contributed by atoms with Gasteiger partial charge in [0.05, 0.1) is 4.47 Å². The number of rotatable bonds is 1. The zero-order chi connectivity index (χ0) is 11.8. The van der Waals surface area contributed by atoms with E-state index in [1.807, 2.05) is 0 Å². The van der Waals surface area contributed by atoms with Gasteiger partial charge in [0.15, 0.2) is 0 Å². The van der Waals surface area contributed by atoms with Crippen molar-refractivity contribution in [3.05, 3.63) is 27.2 Å². The van der Waals surface area contributed by atoms with Crippen molar-refractivity contribution in [2.45, 2.75) is 38.0 Å². The molecule has 1 aromatic rings. The molecule has 2 N–H and O–H groups in total. The third-order valence-corrected chi connectivity index (χ3v) is 4.69. The maximum atomic E-state index is 10.3. The van der Waals surface area contributed by atoms with Crippen LogP contribution in [0.4, 0.5) is 0 Å². The fourth-order valence-electron chi connectivity index (χ4n) is 3.23. The average Bonchev–Trinajstić information content (AvgIpc) is 2.84. The number of halogens is 1. The minimum Gasteiger partial charge on any atom is -0.506 e. The number of hydrogen-bond acceptors (Lipinski definition) is 2. The molecule has 1 saturated heterocycles. The molecule has 0 radical (unpaired) electrons. The molecule has 1 aromatic carbocycles. The number of phenols is 1. The van der Waals surface area contributed by atoms with Crippen LogP contribution in [0.1, 0.15) is 41.9 Å². The highest BCUT2D eigenvalue weighted by molar-refractivity contribution is 9.10. The van der Waals surface area contributed by atoms with Gasteiger partial charge in [-0.3, -0.25) is 0 Å². The van der Waals surface area contributed by atoms with Gasteiger partial charge in [0.2, 0.25) is 0 Å². The van der Waals surface area contributed by atoms with Crippen molar-refractivity contribution in [3.8, 4) is 5.75 Å². The van der Waals surface area contributed by atoms with E-state index in [2.05, 4.69) is 27.3 Å². The summed E-state index contributed by atoms with van der Waals surface area (Å²) in [6.07, 6.45) is 6.01. The zero-order valence-electron chi connectivity index (χ0n) is 9.93. The lowest BCUT2D eigenvalue weighted by molar-refractivity contribution is 0.455. The molecule has 1 aliphatic carbocycles. The molecule has 3 rings (SSSR count). The first-order valence-corrected chi connectivity index (χ1v) is 7.30. The van der Waals surface area contributed by atoms with Gasteiger partial charge in [0.1, 0.15) is 5.75 Å². The van der Waals surface area contributed by atoms with E-state index in [4.69, 9.17) is 0 Å². The SMILES string of the molecule is Oc1c(Br)cc2c(c1C1CCNC1)CCCC2. The molecular formula is C14H18BrNO. The predicted molar refractivity (Wildman–Crippen MR) is 72.7 cm³/mol. The first kappa shape index (κ1) is 11.5. The van der Waals surface area contributed by atoms with Crippen LogP contribution >= 0.6 is 15.9 Å². The molecule has 1 fully saturated rings. The molecule has 2 aliphatic rings. The van der Waals surface area contributed by atoms with E-state index in [0.717, 1.165) is 30.4 Å². The van der Waals surface area contributed by atoms with E-state index in [-0.39, 0.29) is 0 Å². The Hall–Kier alpha value is -0.540. The molecule has 1 aliphatic heterocycles. The first-order chi connectivity index (χ1) is 8.27. The fourth-order valence-corrected chi connectivity index (χ4v) is 3.72. The molecule has 1 unspecified atom stereocenters. The van der Waals surface area contributed by atoms with Gasteiger partial charge in [-0.15, -0.1) is 0 Å². The second kappa shape index (κ2) is 4.62. The lowest BCUT2D eigenvalue weighted by atomic mass is 9.83. The Bertz CT molecular complexity index is 438. The summed E-state index contributed by atoms with van der Waals surface area (Å²) < 4.78 is 0.875. The van der Waals surface area contributed by atoms with Crippen LogP contribution in [-0.2, 0) is 12.8 Å². The van der Waals surface area contributed by atoms with Gasteiger partial charge in [-0.25, -0.2) is 0 Å². The van der Waals surface area contributed by atoms with Crippen molar-refractivity contribution in [3.63, 3.8) is 0 Å². The minimum absolute atomic E-state index is 0.486. The molecule has 0 aromatic heterocycles. The number of hydrogen-bond donors (Lipinski definition) is 2. The van der Waals surface area contributed by atoms with E-state index >= 15 is 0 Å². The van der Waals surface area contributed by atoms with Crippen molar-refractivity contribution < 1.29 is 5.11 Å². The number of aryl methyl sites for hydroxylation is 1. The minimum atomic E-state index is 0.486. The fraction of sp³-hybridized carbons (Fsp3) is 0.571. The summed E-state index contributed by atoms with van der Waals surface area (Å²) in [5.74, 6) is 0.985. The van der Waals surface area contributed by atoms with Crippen LogP contribution in [0.5, 0.6) is 5.75 Å². The summed E-state index contributed by atoms with van der Waals surface area (Å²) in [6, 6.07) is 2.12. The Morgan fingerprint density at radius 2 is 2.12 bits per heavy atom. The third-order valence-electron chi connectivity index (χ3n) is 4.09. The Balaban J connectivity index is 2.12. The molecule has 1 atom stereocenters. The van der Waals surface area contributed by atoms with Gasteiger partial charge < -0.3 is 10.4 Å². The van der Waals surface area contributed by atoms with Gasteiger partial charge >= 0.3 is 0 Å². The smallest absolute Gasteiger partial charge is 0.133 e. The van der Waals surface area contributed by atoms with Gasteiger partial charge in [-0.1, -0.05) is 0 Å². The average molecular weight is 296 g/mol. The van der Waals surface area contributed by atoms with Crippen LogP contribution in [0.25, 0.3) is 0 Å². The lowest BCUT2D eigenvalue weighted by Crippen LogP contribution is -2.13. The number of aromatic hydroxyl groups is 1. The monoisotopic (exact) mass is 295 g/mol. The topological polar surface area (TPSA) is 32.3 Å². The second-order valence-electron chi connectivity index (χ2n) is 5.16. The standard InChI is InChI=1S/C14H18BrNO/c15-12-7-9-3-1-2-4-11(9)13(14(12)17)10-5-6-16-8-10/h7,10,16-17H,1-6,8H2. The van der Waals surface area contributed by atoms with Crippen LogP contribution in [0.15, 0.2) is 10.5 Å². The highest BCUT2D eigenvalue weighted by Crippen LogP contribution is 2.42. The molecular weight excluding hydrogens is 278 g/mol. The Kier molecular flexibility index (Phi) is 3.14. The Morgan fingerprint density at radius 1 is 1.29 bits per heavy atom. The molecule has 1 heterocycles. The number of phenolic OH excluding ortho intramolecular Hbond substituents is 1. The Morgan fingerprint density at radius 3 is 2.88 bits per heavy atom. The molecule has 3 heteroatoms. The van der Waals surface area contributed by atoms with Gasteiger partial charge in [-0.2, -0.15) is 0 Å². The molecule has 0 amide bonds. The summed E-state index contributed by atoms with van der Waals surface area (Å²) in [5, 5.41) is 13.7. The van der Waals surface area contributed by atoms with Crippen LogP contribution in [0.3, 0.4) is 0 Å². The van der Waals surface area contributed by atoms with E-state index in [1.165, 1.54) is 36.0 Å². The van der Waals surface area contributed by atoms with E-state index < -0.39 is 0 Å². The lowest BCUT2D eigenvalue weighted by Gasteiger charge is -2.24. The summed E-state index contributed by atoms with van der Waals surface area (Å²) in [7, 11) is 0. The maximum Gasteiger partial charge on any atom is 0.133 e. The van der Waals surface area contributed by atoms with Gasteiger partial charge in [-0.05, 0) is 71.8 Å². The van der Waals surface area contributed by atoms with E-state index in [9.17, 15) is 5.11 Å². The Labute approximate surface area is 111 Å². The normalized spacial score (nSPS) is 23.7. The van der Waals surface area contributed by atoms with Crippen molar-refractivity contribution in [1.29, 1.82) is 0 Å². The quantitative estimate of drug-likeness (QED) is 0.834. The van der Waals surface area contributed by atoms with Crippen molar-refractivity contribution in [2.75, 3.05) is 13.1 Å². The van der Waals surface area contributed by atoms with E-state index in [1.54, 1.807) is 0 Å². The maximum absolute atomic E-state index is 10.3. The number of fused-ring (bicyclic) bond motifs is 1. The van der Waals surface area contributed by atoms with Crippen molar-refractivity contribution >= 4 is 15.9 Å². The second-order valence-corrected chi connectivity index (χ2v) is 6.01. The largest absolute Gasteiger partial charge is 0.506 e. The molecule has 17 heavy (non-hydrogen) atoms. The summed E-state index contributed by atoms with van der Waals surface area (Å²) >= 11 is 3.50.